The van der Waals surface area contributed by atoms with Crippen molar-refractivity contribution in [2.24, 2.45) is 0 Å². The molecule has 3 nitrogen and oxygen atoms in total. The van der Waals surface area contributed by atoms with Gasteiger partial charge in [0.2, 0.25) is 0 Å². The highest BCUT2D eigenvalue weighted by molar-refractivity contribution is 5.87. The molecule has 0 aliphatic heterocycles. The van der Waals surface area contributed by atoms with Gasteiger partial charge in [0, 0.05) is 29.2 Å². The SMILES string of the molecule is CC(C)(C)OCCn1ccc2cc(C=O)ccc21. The first-order valence-electron chi connectivity index (χ1n) is 6.18. The average Bonchev–Trinajstić information content (AvgIpc) is 2.70. The van der Waals surface area contributed by atoms with Gasteiger partial charge in [-0.15, -0.1) is 0 Å². The van der Waals surface area contributed by atoms with Gasteiger partial charge in [-0.2, -0.15) is 0 Å². The molecule has 0 N–H and O–H groups in total. The van der Waals surface area contributed by atoms with Crippen LogP contribution in [0.4, 0.5) is 0 Å². The van der Waals surface area contributed by atoms with Gasteiger partial charge < -0.3 is 9.30 Å². The van der Waals surface area contributed by atoms with Crippen LogP contribution in [0.1, 0.15) is 31.1 Å². The van der Waals surface area contributed by atoms with Crippen LogP contribution < -0.4 is 0 Å². The molecule has 0 aliphatic rings. The van der Waals surface area contributed by atoms with Crippen molar-refractivity contribution in [2.75, 3.05) is 6.61 Å². The van der Waals surface area contributed by atoms with E-state index >= 15 is 0 Å². The third kappa shape index (κ3) is 2.99. The first kappa shape index (κ1) is 12.8. The van der Waals surface area contributed by atoms with E-state index < -0.39 is 0 Å². The fraction of sp³-hybridized carbons (Fsp3) is 0.400. The molecule has 1 heterocycles. The molecule has 0 spiro atoms. The summed E-state index contributed by atoms with van der Waals surface area (Å²) >= 11 is 0. The molecule has 0 saturated carbocycles. The molecule has 1 aromatic carbocycles. The van der Waals surface area contributed by atoms with E-state index in [1.165, 1.54) is 0 Å². The van der Waals surface area contributed by atoms with E-state index in [0.717, 1.165) is 23.7 Å². The van der Waals surface area contributed by atoms with E-state index in [4.69, 9.17) is 4.74 Å². The Morgan fingerprint density at radius 1 is 1.28 bits per heavy atom. The number of nitrogens with zero attached hydrogens (tertiary/aromatic N) is 1. The lowest BCUT2D eigenvalue weighted by atomic mass is 10.2. The van der Waals surface area contributed by atoms with Gasteiger partial charge in [0.05, 0.1) is 12.2 Å². The average molecular weight is 245 g/mol. The molecule has 2 rings (SSSR count). The van der Waals surface area contributed by atoms with Crippen LogP contribution in [0.5, 0.6) is 0 Å². The van der Waals surface area contributed by atoms with E-state index in [9.17, 15) is 4.79 Å². The maximum Gasteiger partial charge on any atom is 0.150 e. The molecule has 0 bridgehead atoms. The number of aldehydes is 1. The topological polar surface area (TPSA) is 31.2 Å². The molecule has 0 atom stereocenters. The monoisotopic (exact) mass is 245 g/mol. The molecular weight excluding hydrogens is 226 g/mol. The zero-order valence-corrected chi connectivity index (χ0v) is 11.1. The zero-order valence-electron chi connectivity index (χ0n) is 11.1. The number of rotatable bonds is 4. The van der Waals surface area contributed by atoms with Gasteiger partial charge in [-0.05, 0) is 45.0 Å². The lowest BCUT2D eigenvalue weighted by Crippen LogP contribution is -2.21. The van der Waals surface area contributed by atoms with Crippen molar-refractivity contribution in [1.29, 1.82) is 0 Å². The summed E-state index contributed by atoms with van der Waals surface area (Å²) in [6.45, 7) is 7.66. The summed E-state index contributed by atoms with van der Waals surface area (Å²) in [7, 11) is 0. The van der Waals surface area contributed by atoms with E-state index in [0.29, 0.717) is 12.2 Å². The predicted octanol–water partition coefficient (Wildman–Crippen LogP) is 3.27. The minimum atomic E-state index is -0.104. The molecule has 0 aliphatic carbocycles. The Hall–Kier alpha value is -1.61. The number of carbonyl (C=O) groups is 1. The maximum absolute atomic E-state index is 10.7. The minimum absolute atomic E-state index is 0.104. The summed E-state index contributed by atoms with van der Waals surface area (Å²) < 4.78 is 7.87. The fourth-order valence-electron chi connectivity index (χ4n) is 1.94. The Morgan fingerprint density at radius 3 is 2.72 bits per heavy atom. The highest BCUT2D eigenvalue weighted by Crippen LogP contribution is 2.17. The number of hydrogen-bond donors (Lipinski definition) is 0. The van der Waals surface area contributed by atoms with Crippen molar-refractivity contribution < 1.29 is 9.53 Å². The van der Waals surface area contributed by atoms with Gasteiger partial charge in [0.15, 0.2) is 0 Å². The summed E-state index contributed by atoms with van der Waals surface area (Å²) in [5.74, 6) is 0. The van der Waals surface area contributed by atoms with Crippen LogP contribution in [-0.2, 0) is 11.3 Å². The minimum Gasteiger partial charge on any atom is -0.374 e. The highest BCUT2D eigenvalue weighted by Gasteiger charge is 2.09. The Bertz CT molecular complexity index is 549. The van der Waals surface area contributed by atoms with Crippen LogP contribution in [0.3, 0.4) is 0 Å². The second-order valence-corrected chi connectivity index (χ2v) is 5.41. The number of carbonyl (C=O) groups excluding carboxylic acids is 1. The van der Waals surface area contributed by atoms with Crippen LogP contribution in [0.15, 0.2) is 30.5 Å². The molecular formula is C15H19NO2. The van der Waals surface area contributed by atoms with Gasteiger partial charge in [-0.25, -0.2) is 0 Å². The molecule has 18 heavy (non-hydrogen) atoms. The molecule has 0 radical (unpaired) electrons. The molecule has 3 heteroatoms. The normalized spacial score (nSPS) is 11.9. The Balaban J connectivity index is 2.12. The van der Waals surface area contributed by atoms with E-state index in [-0.39, 0.29) is 5.60 Å². The number of ether oxygens (including phenoxy) is 1. The largest absolute Gasteiger partial charge is 0.374 e. The molecule has 1 aromatic heterocycles. The fourth-order valence-corrected chi connectivity index (χ4v) is 1.94. The molecule has 0 unspecified atom stereocenters. The first-order chi connectivity index (χ1) is 8.49. The molecule has 96 valence electrons. The molecule has 0 saturated heterocycles. The quantitative estimate of drug-likeness (QED) is 0.774. The van der Waals surface area contributed by atoms with Gasteiger partial charge >= 0.3 is 0 Å². The third-order valence-electron chi connectivity index (χ3n) is 2.80. The zero-order chi connectivity index (χ0) is 13.2. The van der Waals surface area contributed by atoms with Crippen LogP contribution >= 0.6 is 0 Å². The Kier molecular flexibility index (Phi) is 3.53. The summed E-state index contributed by atoms with van der Waals surface area (Å²) in [4.78, 5) is 10.7. The molecule has 2 aromatic rings. The summed E-state index contributed by atoms with van der Waals surface area (Å²) in [6, 6.07) is 7.76. The number of benzene rings is 1. The van der Waals surface area contributed by atoms with Gasteiger partial charge in [0.1, 0.15) is 6.29 Å². The Labute approximate surface area is 107 Å². The lowest BCUT2D eigenvalue weighted by molar-refractivity contribution is -0.00644. The van der Waals surface area contributed by atoms with Crippen LogP contribution in [0.25, 0.3) is 10.9 Å². The van der Waals surface area contributed by atoms with Crippen molar-refractivity contribution in [3.8, 4) is 0 Å². The number of aromatic nitrogens is 1. The Morgan fingerprint density at radius 2 is 2.06 bits per heavy atom. The van der Waals surface area contributed by atoms with Crippen LogP contribution in [0, 0.1) is 0 Å². The number of fused-ring (bicyclic) bond motifs is 1. The maximum atomic E-state index is 10.7. The third-order valence-corrected chi connectivity index (χ3v) is 2.80. The van der Waals surface area contributed by atoms with Crippen molar-refractivity contribution in [3.05, 3.63) is 36.0 Å². The lowest BCUT2D eigenvalue weighted by Gasteiger charge is -2.19. The van der Waals surface area contributed by atoms with Gasteiger partial charge in [-0.3, -0.25) is 4.79 Å². The van der Waals surface area contributed by atoms with Crippen molar-refractivity contribution in [2.45, 2.75) is 32.9 Å². The summed E-state index contributed by atoms with van der Waals surface area (Å²) in [6.07, 6.45) is 2.91. The highest BCUT2D eigenvalue weighted by atomic mass is 16.5. The van der Waals surface area contributed by atoms with E-state index in [1.807, 2.05) is 30.5 Å². The standard InChI is InChI=1S/C15H19NO2/c1-15(2,3)18-9-8-16-7-6-13-10-12(11-17)4-5-14(13)16/h4-7,10-11H,8-9H2,1-3H3. The second kappa shape index (κ2) is 4.94. The van der Waals surface area contributed by atoms with Crippen molar-refractivity contribution in [3.63, 3.8) is 0 Å². The summed E-state index contributed by atoms with van der Waals surface area (Å²) in [5, 5.41) is 1.09. The van der Waals surface area contributed by atoms with E-state index in [1.54, 1.807) is 0 Å². The van der Waals surface area contributed by atoms with Gasteiger partial charge in [-0.1, -0.05) is 0 Å². The predicted molar refractivity (Wildman–Crippen MR) is 73.0 cm³/mol. The molecule has 0 amide bonds. The summed E-state index contributed by atoms with van der Waals surface area (Å²) in [5.41, 5.74) is 1.75. The molecule has 0 fully saturated rings. The van der Waals surface area contributed by atoms with Crippen molar-refractivity contribution >= 4 is 17.2 Å². The number of hydrogen-bond acceptors (Lipinski definition) is 2. The first-order valence-corrected chi connectivity index (χ1v) is 6.18. The van der Waals surface area contributed by atoms with Crippen LogP contribution in [-0.4, -0.2) is 23.1 Å². The smallest absolute Gasteiger partial charge is 0.150 e. The second-order valence-electron chi connectivity index (χ2n) is 5.41. The van der Waals surface area contributed by atoms with E-state index in [2.05, 4.69) is 25.3 Å². The van der Waals surface area contributed by atoms with Crippen molar-refractivity contribution in [1.82, 2.24) is 4.57 Å². The van der Waals surface area contributed by atoms with Crippen LogP contribution in [0.2, 0.25) is 0 Å². The van der Waals surface area contributed by atoms with Gasteiger partial charge in [0.25, 0.3) is 0 Å².